The van der Waals surface area contributed by atoms with Gasteiger partial charge in [-0.15, -0.1) is 0 Å². The first-order valence-electron chi connectivity index (χ1n) is 11.1. The number of carbonyl (C=O) groups is 3. The van der Waals surface area contributed by atoms with Crippen LogP contribution in [0.5, 0.6) is 0 Å². The smallest absolute Gasteiger partial charge is 0.408 e. The van der Waals surface area contributed by atoms with Crippen LogP contribution in [-0.2, 0) is 14.3 Å². The van der Waals surface area contributed by atoms with Crippen molar-refractivity contribution in [1.82, 2.24) is 10.2 Å². The summed E-state index contributed by atoms with van der Waals surface area (Å²) in [5, 5.41) is 15.1. The maximum absolute atomic E-state index is 13.5. The summed E-state index contributed by atoms with van der Waals surface area (Å²) in [4.78, 5) is 40.2. The normalized spacial score (nSPS) is 12.9. The van der Waals surface area contributed by atoms with Crippen molar-refractivity contribution in [2.75, 3.05) is 19.0 Å². The van der Waals surface area contributed by atoms with Crippen molar-refractivity contribution in [1.29, 1.82) is 0 Å². The fraction of sp³-hybridized carbons (Fsp3) is 0.423. The van der Waals surface area contributed by atoms with Crippen molar-refractivity contribution in [3.8, 4) is 0 Å². The highest BCUT2D eigenvalue weighted by Gasteiger charge is 2.34. The first kappa shape index (κ1) is 26.9. The number of likely N-dealkylation sites (N-methyl/N-ethyl adjacent to an activating group) is 1. The summed E-state index contributed by atoms with van der Waals surface area (Å²) >= 11 is 0. The molecule has 0 heterocycles. The van der Waals surface area contributed by atoms with Crippen molar-refractivity contribution in [3.63, 3.8) is 0 Å². The van der Waals surface area contributed by atoms with Crippen molar-refractivity contribution in [3.05, 3.63) is 64.7 Å². The zero-order chi connectivity index (χ0) is 25.6. The van der Waals surface area contributed by atoms with Crippen LogP contribution in [0.4, 0.5) is 10.5 Å². The number of para-hydroxylation sites is 1. The SMILES string of the molecule is Cc1cc(C)cc(C(C(=O)Nc2ccccc2C)N(C)C(=O)C(CO)NC(=O)OC(C)(C)C)c1. The molecule has 2 unspecified atom stereocenters. The maximum Gasteiger partial charge on any atom is 0.408 e. The molecule has 0 aliphatic heterocycles. The number of anilines is 1. The fourth-order valence-corrected chi connectivity index (χ4v) is 3.64. The number of alkyl carbamates (subject to hydrolysis) is 1. The molecule has 0 saturated heterocycles. The molecular formula is C26H35N3O5. The van der Waals surface area contributed by atoms with Gasteiger partial charge in [0, 0.05) is 12.7 Å². The lowest BCUT2D eigenvalue weighted by molar-refractivity contribution is -0.139. The average Bonchev–Trinajstić information content (AvgIpc) is 2.71. The molecule has 0 radical (unpaired) electrons. The van der Waals surface area contributed by atoms with Gasteiger partial charge < -0.3 is 25.4 Å². The number of benzene rings is 2. The van der Waals surface area contributed by atoms with Crippen LogP contribution in [0.15, 0.2) is 42.5 Å². The lowest BCUT2D eigenvalue weighted by Crippen LogP contribution is -2.52. The van der Waals surface area contributed by atoms with Crippen molar-refractivity contribution in [2.45, 2.75) is 59.2 Å². The van der Waals surface area contributed by atoms with Gasteiger partial charge in [-0.05, 0) is 58.7 Å². The van der Waals surface area contributed by atoms with Crippen molar-refractivity contribution >= 4 is 23.6 Å². The summed E-state index contributed by atoms with van der Waals surface area (Å²) in [5.74, 6) is -1.04. The highest BCUT2D eigenvalue weighted by molar-refractivity contribution is 5.99. The number of hydrogen-bond donors (Lipinski definition) is 3. The molecule has 34 heavy (non-hydrogen) atoms. The maximum atomic E-state index is 13.5. The summed E-state index contributed by atoms with van der Waals surface area (Å²) < 4.78 is 5.20. The standard InChI is InChI=1S/C26H35N3O5/c1-16-12-17(2)14-19(13-16)22(23(31)27-20-11-9-8-10-18(20)3)29(7)24(32)21(15-30)28-25(33)34-26(4,5)6/h8-14,21-22,30H,15H2,1-7H3,(H,27,31)(H,28,33). The number of aryl methyl sites for hydroxylation is 3. The lowest BCUT2D eigenvalue weighted by atomic mass is 9.99. The molecule has 8 heteroatoms. The Morgan fingerprint density at radius 3 is 2.15 bits per heavy atom. The number of aliphatic hydroxyl groups excluding tert-OH is 1. The Bertz CT molecular complexity index is 1020. The summed E-state index contributed by atoms with van der Waals surface area (Å²) in [6, 6.07) is 10.7. The van der Waals surface area contributed by atoms with Gasteiger partial charge >= 0.3 is 6.09 Å². The zero-order valence-corrected chi connectivity index (χ0v) is 20.9. The molecule has 0 spiro atoms. The molecule has 8 nitrogen and oxygen atoms in total. The predicted molar refractivity (Wildman–Crippen MR) is 131 cm³/mol. The van der Waals surface area contributed by atoms with E-state index in [1.165, 1.54) is 11.9 Å². The minimum atomic E-state index is -1.28. The number of aliphatic hydroxyl groups is 1. The first-order chi connectivity index (χ1) is 15.8. The van der Waals surface area contributed by atoms with E-state index < -0.39 is 42.2 Å². The van der Waals surface area contributed by atoms with Gasteiger partial charge in [-0.1, -0.05) is 47.5 Å². The predicted octanol–water partition coefficient (Wildman–Crippen LogP) is 3.64. The minimum absolute atomic E-state index is 0.413. The molecule has 3 N–H and O–H groups in total. The van der Waals surface area contributed by atoms with Gasteiger partial charge in [0.2, 0.25) is 5.91 Å². The van der Waals surface area contributed by atoms with E-state index in [0.29, 0.717) is 11.3 Å². The van der Waals surface area contributed by atoms with Crippen LogP contribution in [-0.4, -0.2) is 53.2 Å². The molecule has 2 rings (SSSR count). The number of hydrogen-bond acceptors (Lipinski definition) is 5. The van der Waals surface area contributed by atoms with Crippen LogP contribution < -0.4 is 10.6 Å². The van der Waals surface area contributed by atoms with E-state index in [9.17, 15) is 19.5 Å². The monoisotopic (exact) mass is 469 g/mol. The Kier molecular flexibility index (Phi) is 8.81. The average molecular weight is 470 g/mol. The third-order valence-electron chi connectivity index (χ3n) is 5.12. The van der Waals surface area contributed by atoms with E-state index in [-0.39, 0.29) is 0 Å². The Balaban J connectivity index is 2.38. The highest BCUT2D eigenvalue weighted by atomic mass is 16.6. The third kappa shape index (κ3) is 7.31. The van der Waals surface area contributed by atoms with Crippen LogP contribution in [0.2, 0.25) is 0 Å². The quantitative estimate of drug-likeness (QED) is 0.574. The van der Waals surface area contributed by atoms with Crippen LogP contribution in [0, 0.1) is 20.8 Å². The van der Waals surface area contributed by atoms with Crippen molar-refractivity contribution in [2.24, 2.45) is 0 Å². The summed E-state index contributed by atoms with van der Waals surface area (Å²) in [6.07, 6.45) is -0.833. The Morgan fingerprint density at radius 1 is 1.03 bits per heavy atom. The molecule has 0 aliphatic rings. The van der Waals surface area contributed by atoms with Gasteiger partial charge in [-0.3, -0.25) is 9.59 Å². The second-order valence-corrected chi connectivity index (χ2v) is 9.46. The van der Waals surface area contributed by atoms with Crippen LogP contribution in [0.25, 0.3) is 0 Å². The number of ether oxygens (including phenoxy) is 1. The molecule has 3 amide bonds. The summed E-state index contributed by atoms with van der Waals surface area (Å²) in [7, 11) is 1.47. The second kappa shape index (κ2) is 11.2. The molecule has 2 aromatic carbocycles. The molecule has 0 saturated carbocycles. The molecular weight excluding hydrogens is 434 g/mol. The molecule has 2 atom stereocenters. The van der Waals surface area contributed by atoms with E-state index in [1.807, 2.05) is 57.2 Å². The van der Waals surface area contributed by atoms with Gasteiger partial charge in [0.05, 0.1) is 6.61 Å². The summed E-state index contributed by atoms with van der Waals surface area (Å²) in [6.45, 7) is 10.1. The minimum Gasteiger partial charge on any atom is -0.444 e. The molecule has 0 fully saturated rings. The van der Waals surface area contributed by atoms with E-state index in [4.69, 9.17) is 4.74 Å². The third-order valence-corrected chi connectivity index (χ3v) is 5.12. The zero-order valence-electron chi connectivity index (χ0n) is 20.9. The van der Waals surface area contributed by atoms with E-state index in [1.54, 1.807) is 26.8 Å². The van der Waals surface area contributed by atoms with Crippen LogP contribution in [0.1, 0.15) is 49.1 Å². The second-order valence-electron chi connectivity index (χ2n) is 9.46. The molecule has 2 aromatic rings. The highest BCUT2D eigenvalue weighted by Crippen LogP contribution is 2.26. The van der Waals surface area contributed by atoms with Gasteiger partial charge in [-0.2, -0.15) is 0 Å². The number of nitrogens with one attached hydrogen (secondary N) is 2. The topological polar surface area (TPSA) is 108 Å². The Hall–Kier alpha value is -3.39. The van der Waals surface area contributed by atoms with Gasteiger partial charge in [0.25, 0.3) is 5.91 Å². The Morgan fingerprint density at radius 2 is 1.62 bits per heavy atom. The number of carbonyl (C=O) groups excluding carboxylic acids is 3. The first-order valence-corrected chi connectivity index (χ1v) is 11.1. The van der Waals surface area contributed by atoms with Crippen LogP contribution >= 0.6 is 0 Å². The lowest BCUT2D eigenvalue weighted by Gasteiger charge is -2.31. The van der Waals surface area contributed by atoms with Crippen LogP contribution in [0.3, 0.4) is 0 Å². The Labute approximate surface area is 201 Å². The molecule has 0 bridgehead atoms. The van der Waals surface area contributed by atoms with Gasteiger partial charge in [-0.25, -0.2) is 4.79 Å². The number of nitrogens with zero attached hydrogens (tertiary/aromatic N) is 1. The molecule has 0 aliphatic carbocycles. The fourth-order valence-electron chi connectivity index (χ4n) is 3.64. The van der Waals surface area contributed by atoms with Gasteiger partial charge in [0.15, 0.2) is 0 Å². The van der Waals surface area contributed by atoms with E-state index in [0.717, 1.165) is 16.7 Å². The summed E-state index contributed by atoms with van der Waals surface area (Å²) in [5.41, 5.74) is 3.24. The van der Waals surface area contributed by atoms with E-state index >= 15 is 0 Å². The van der Waals surface area contributed by atoms with Crippen molar-refractivity contribution < 1.29 is 24.2 Å². The largest absolute Gasteiger partial charge is 0.444 e. The van der Waals surface area contributed by atoms with E-state index in [2.05, 4.69) is 10.6 Å². The number of amides is 3. The van der Waals surface area contributed by atoms with Gasteiger partial charge in [0.1, 0.15) is 17.7 Å². The molecule has 0 aromatic heterocycles. The number of rotatable bonds is 7. The molecule has 184 valence electrons.